The van der Waals surface area contributed by atoms with E-state index in [1.807, 2.05) is 37.3 Å². The summed E-state index contributed by atoms with van der Waals surface area (Å²) >= 11 is 0. The second-order valence-electron chi connectivity index (χ2n) is 5.34. The highest BCUT2D eigenvalue weighted by Crippen LogP contribution is 2.32. The number of nitriles is 1. The molecule has 24 heavy (non-hydrogen) atoms. The summed E-state index contributed by atoms with van der Waals surface area (Å²) in [5.41, 5.74) is 2.43. The van der Waals surface area contributed by atoms with Crippen LogP contribution in [0.4, 0.5) is 5.69 Å². The molecule has 0 unspecified atom stereocenters. The molecule has 0 atom stereocenters. The van der Waals surface area contributed by atoms with Gasteiger partial charge in [0.05, 0.1) is 0 Å². The van der Waals surface area contributed by atoms with Gasteiger partial charge < -0.3 is 14.8 Å². The summed E-state index contributed by atoms with van der Waals surface area (Å²) in [5, 5.41) is 12.0. The molecule has 0 saturated carbocycles. The van der Waals surface area contributed by atoms with Crippen molar-refractivity contribution < 1.29 is 14.3 Å². The van der Waals surface area contributed by atoms with Gasteiger partial charge in [-0.2, -0.15) is 5.26 Å². The van der Waals surface area contributed by atoms with E-state index >= 15 is 0 Å². The average molecular weight is 320 g/mol. The maximum atomic E-state index is 12.4. The molecule has 0 aromatic heterocycles. The van der Waals surface area contributed by atoms with Crippen molar-refractivity contribution in [2.45, 2.75) is 6.92 Å². The summed E-state index contributed by atoms with van der Waals surface area (Å²) in [7, 11) is 0. The summed E-state index contributed by atoms with van der Waals surface area (Å²) in [5.74, 6) is 0.771. The summed E-state index contributed by atoms with van der Waals surface area (Å²) in [6, 6.07) is 14.7. The van der Waals surface area contributed by atoms with Gasteiger partial charge in [0, 0.05) is 11.8 Å². The SMILES string of the molecule is Cc1ccccc1/C=C(\C#N)C(=O)Nc1ccc2c(c1)OCCO2. The van der Waals surface area contributed by atoms with Gasteiger partial charge in [0.1, 0.15) is 24.9 Å². The van der Waals surface area contributed by atoms with E-state index in [2.05, 4.69) is 5.32 Å². The molecule has 0 radical (unpaired) electrons. The molecule has 1 heterocycles. The van der Waals surface area contributed by atoms with Crippen LogP contribution in [0.25, 0.3) is 6.08 Å². The molecular formula is C19H16N2O3. The number of hydrogen-bond donors (Lipinski definition) is 1. The third-order valence-corrected chi connectivity index (χ3v) is 3.65. The van der Waals surface area contributed by atoms with Gasteiger partial charge in [0.25, 0.3) is 5.91 Å². The lowest BCUT2D eigenvalue weighted by molar-refractivity contribution is -0.112. The van der Waals surface area contributed by atoms with E-state index < -0.39 is 5.91 Å². The van der Waals surface area contributed by atoms with Crippen molar-refractivity contribution in [2.75, 3.05) is 18.5 Å². The zero-order valence-electron chi connectivity index (χ0n) is 13.2. The Morgan fingerprint density at radius 2 is 1.92 bits per heavy atom. The van der Waals surface area contributed by atoms with Crippen LogP contribution in [0.15, 0.2) is 48.0 Å². The Hall–Kier alpha value is -3.26. The Bertz CT molecular complexity index is 850. The highest BCUT2D eigenvalue weighted by atomic mass is 16.6. The monoisotopic (exact) mass is 320 g/mol. The molecule has 2 aromatic rings. The fraction of sp³-hybridized carbons (Fsp3) is 0.158. The molecule has 3 rings (SSSR count). The van der Waals surface area contributed by atoms with E-state index in [9.17, 15) is 10.1 Å². The van der Waals surface area contributed by atoms with Crippen molar-refractivity contribution >= 4 is 17.7 Å². The number of hydrogen-bond acceptors (Lipinski definition) is 4. The second kappa shape index (κ2) is 6.88. The van der Waals surface area contributed by atoms with Crippen LogP contribution in [-0.4, -0.2) is 19.1 Å². The van der Waals surface area contributed by atoms with E-state index in [0.717, 1.165) is 11.1 Å². The Balaban J connectivity index is 1.80. The van der Waals surface area contributed by atoms with Gasteiger partial charge in [-0.05, 0) is 36.3 Å². The van der Waals surface area contributed by atoms with Crippen molar-refractivity contribution in [3.8, 4) is 17.6 Å². The molecular weight excluding hydrogens is 304 g/mol. The number of aryl methyl sites for hydroxylation is 1. The van der Waals surface area contributed by atoms with Crippen LogP contribution in [0.3, 0.4) is 0 Å². The summed E-state index contributed by atoms with van der Waals surface area (Å²) in [6.07, 6.45) is 1.59. The minimum atomic E-state index is -0.461. The molecule has 1 amide bonds. The first kappa shape index (κ1) is 15.6. The fourth-order valence-corrected chi connectivity index (χ4v) is 2.37. The lowest BCUT2D eigenvalue weighted by Crippen LogP contribution is -2.17. The molecule has 0 aliphatic carbocycles. The van der Waals surface area contributed by atoms with E-state index in [1.54, 1.807) is 24.3 Å². The zero-order chi connectivity index (χ0) is 16.9. The molecule has 0 saturated heterocycles. The molecule has 0 fully saturated rings. The first-order valence-electron chi connectivity index (χ1n) is 7.56. The topological polar surface area (TPSA) is 71.4 Å². The molecule has 120 valence electrons. The lowest BCUT2D eigenvalue weighted by atomic mass is 10.1. The van der Waals surface area contributed by atoms with Gasteiger partial charge in [0.2, 0.25) is 0 Å². The van der Waals surface area contributed by atoms with Gasteiger partial charge in [0.15, 0.2) is 11.5 Å². The van der Waals surface area contributed by atoms with Crippen LogP contribution < -0.4 is 14.8 Å². The maximum absolute atomic E-state index is 12.4. The number of nitrogens with one attached hydrogen (secondary N) is 1. The van der Waals surface area contributed by atoms with Crippen LogP contribution >= 0.6 is 0 Å². The number of carbonyl (C=O) groups excluding carboxylic acids is 1. The van der Waals surface area contributed by atoms with E-state index in [4.69, 9.17) is 9.47 Å². The van der Waals surface area contributed by atoms with Crippen molar-refractivity contribution in [1.29, 1.82) is 5.26 Å². The predicted octanol–water partition coefficient (Wildman–Crippen LogP) is 3.31. The first-order valence-corrected chi connectivity index (χ1v) is 7.56. The van der Waals surface area contributed by atoms with E-state index in [0.29, 0.717) is 30.4 Å². The highest BCUT2D eigenvalue weighted by Gasteiger charge is 2.14. The average Bonchev–Trinajstić information content (AvgIpc) is 2.61. The van der Waals surface area contributed by atoms with E-state index in [-0.39, 0.29) is 5.57 Å². The predicted molar refractivity (Wildman–Crippen MR) is 90.8 cm³/mol. The Morgan fingerprint density at radius 1 is 1.17 bits per heavy atom. The van der Waals surface area contributed by atoms with Crippen LogP contribution in [0.2, 0.25) is 0 Å². The summed E-state index contributed by atoms with van der Waals surface area (Å²) in [4.78, 5) is 12.4. The largest absolute Gasteiger partial charge is 0.486 e. The third-order valence-electron chi connectivity index (χ3n) is 3.65. The highest BCUT2D eigenvalue weighted by molar-refractivity contribution is 6.09. The molecule has 0 bridgehead atoms. The van der Waals surface area contributed by atoms with Gasteiger partial charge >= 0.3 is 0 Å². The lowest BCUT2D eigenvalue weighted by Gasteiger charge is -2.18. The third kappa shape index (κ3) is 3.39. The smallest absolute Gasteiger partial charge is 0.266 e. The van der Waals surface area contributed by atoms with Crippen LogP contribution in [0.5, 0.6) is 11.5 Å². The van der Waals surface area contributed by atoms with Crippen molar-refractivity contribution in [3.05, 3.63) is 59.2 Å². The number of fused-ring (bicyclic) bond motifs is 1. The number of amides is 1. The normalized spacial score (nSPS) is 13.1. The fourth-order valence-electron chi connectivity index (χ4n) is 2.37. The summed E-state index contributed by atoms with van der Waals surface area (Å²) in [6.45, 7) is 2.91. The number of ether oxygens (including phenoxy) is 2. The quantitative estimate of drug-likeness (QED) is 0.695. The van der Waals surface area contributed by atoms with Crippen molar-refractivity contribution in [3.63, 3.8) is 0 Å². The molecule has 1 aliphatic heterocycles. The maximum Gasteiger partial charge on any atom is 0.266 e. The molecule has 1 N–H and O–H groups in total. The Labute approximate surface area is 140 Å². The number of carbonyl (C=O) groups is 1. The molecule has 5 nitrogen and oxygen atoms in total. The van der Waals surface area contributed by atoms with Crippen LogP contribution in [0.1, 0.15) is 11.1 Å². The zero-order valence-corrected chi connectivity index (χ0v) is 13.2. The molecule has 1 aliphatic rings. The Morgan fingerprint density at radius 3 is 2.67 bits per heavy atom. The van der Waals surface area contributed by atoms with Crippen LogP contribution in [-0.2, 0) is 4.79 Å². The summed E-state index contributed by atoms with van der Waals surface area (Å²) < 4.78 is 10.9. The molecule has 0 spiro atoms. The molecule has 2 aromatic carbocycles. The van der Waals surface area contributed by atoms with Gasteiger partial charge in [-0.15, -0.1) is 0 Å². The Kier molecular flexibility index (Phi) is 4.48. The number of anilines is 1. The minimum Gasteiger partial charge on any atom is -0.486 e. The van der Waals surface area contributed by atoms with Gasteiger partial charge in [-0.25, -0.2) is 0 Å². The number of nitrogens with zero attached hydrogens (tertiary/aromatic N) is 1. The first-order chi connectivity index (χ1) is 11.7. The number of benzene rings is 2. The van der Waals surface area contributed by atoms with Crippen molar-refractivity contribution in [1.82, 2.24) is 0 Å². The van der Waals surface area contributed by atoms with E-state index in [1.165, 1.54) is 0 Å². The molecule has 5 heteroatoms. The van der Waals surface area contributed by atoms with Gasteiger partial charge in [-0.1, -0.05) is 24.3 Å². The standard InChI is InChI=1S/C19H16N2O3/c1-13-4-2-3-5-14(13)10-15(12-20)19(22)21-16-6-7-17-18(11-16)24-9-8-23-17/h2-7,10-11H,8-9H2,1H3,(H,21,22)/b15-10+. The van der Waals surface area contributed by atoms with Crippen LogP contribution in [0, 0.1) is 18.3 Å². The van der Waals surface area contributed by atoms with Crippen molar-refractivity contribution in [2.24, 2.45) is 0 Å². The van der Waals surface area contributed by atoms with Gasteiger partial charge in [-0.3, -0.25) is 4.79 Å². The minimum absolute atomic E-state index is 0.0409. The second-order valence-corrected chi connectivity index (χ2v) is 5.34. The number of rotatable bonds is 3.